The molecule has 0 saturated heterocycles. The lowest BCUT2D eigenvalue weighted by Crippen LogP contribution is -2.24. The van der Waals surface area contributed by atoms with Crippen molar-refractivity contribution in [3.63, 3.8) is 0 Å². The first kappa shape index (κ1) is 14.7. The van der Waals surface area contributed by atoms with Crippen LogP contribution in [0.3, 0.4) is 0 Å². The first-order valence-corrected chi connectivity index (χ1v) is 7.60. The lowest BCUT2D eigenvalue weighted by Gasteiger charge is -2.13. The Morgan fingerprint density at radius 3 is 2.41 bits per heavy atom. The number of rotatable bonds is 7. The highest BCUT2D eigenvalue weighted by Gasteiger charge is 2.07. The Kier molecular flexibility index (Phi) is 6.21. The summed E-state index contributed by atoms with van der Waals surface area (Å²) in [4.78, 5) is 3.04. The Hall–Kier alpha value is -0.340. The van der Waals surface area contributed by atoms with Gasteiger partial charge in [-0.2, -0.15) is 0 Å². The van der Waals surface area contributed by atoms with E-state index in [2.05, 4.69) is 46.0 Å². The van der Waals surface area contributed by atoms with Gasteiger partial charge in [0, 0.05) is 15.8 Å². The molecule has 0 fully saturated rings. The molecule has 0 radical (unpaired) electrons. The molecule has 1 aromatic heterocycles. The summed E-state index contributed by atoms with van der Waals surface area (Å²) in [6.07, 6.45) is 3.87. The molecule has 98 valence electrons. The Morgan fingerprint density at radius 2 is 1.88 bits per heavy atom. The van der Waals surface area contributed by atoms with Gasteiger partial charge in [0.15, 0.2) is 0 Å². The summed E-state index contributed by atoms with van der Waals surface area (Å²) >= 11 is 1.97. The van der Waals surface area contributed by atoms with Gasteiger partial charge in [0.1, 0.15) is 0 Å². The first-order valence-electron chi connectivity index (χ1n) is 6.78. The van der Waals surface area contributed by atoms with Crippen LogP contribution in [0.1, 0.15) is 48.9 Å². The van der Waals surface area contributed by atoms with Crippen molar-refractivity contribution in [2.45, 2.75) is 59.9 Å². The smallest absolute Gasteiger partial charge is 0.00773 e. The molecule has 17 heavy (non-hydrogen) atoms. The number of nitrogens with one attached hydrogen (secondary N) is 1. The van der Waals surface area contributed by atoms with Gasteiger partial charge in [-0.1, -0.05) is 20.8 Å². The van der Waals surface area contributed by atoms with Crippen LogP contribution >= 0.6 is 11.3 Å². The number of aryl methyl sites for hydroxylation is 3. The zero-order valence-electron chi connectivity index (χ0n) is 12.0. The number of thiophene rings is 1. The largest absolute Gasteiger partial charge is 0.315 e. The van der Waals surface area contributed by atoms with Crippen molar-refractivity contribution in [2.24, 2.45) is 5.92 Å². The van der Waals surface area contributed by atoms with Gasteiger partial charge in [0.05, 0.1) is 0 Å². The van der Waals surface area contributed by atoms with E-state index in [1.807, 2.05) is 11.3 Å². The van der Waals surface area contributed by atoms with Crippen LogP contribution in [0.5, 0.6) is 0 Å². The van der Waals surface area contributed by atoms with Crippen molar-refractivity contribution in [1.29, 1.82) is 0 Å². The quantitative estimate of drug-likeness (QED) is 0.763. The molecular weight excluding hydrogens is 226 g/mol. The predicted molar refractivity (Wildman–Crippen MR) is 79.0 cm³/mol. The molecule has 1 N–H and O–H groups in total. The molecule has 1 rings (SSSR count). The van der Waals surface area contributed by atoms with Gasteiger partial charge in [0.25, 0.3) is 0 Å². The van der Waals surface area contributed by atoms with E-state index in [1.54, 1.807) is 4.88 Å². The van der Waals surface area contributed by atoms with E-state index in [0.717, 1.165) is 12.5 Å². The molecule has 2 heteroatoms. The second kappa shape index (κ2) is 7.17. The summed E-state index contributed by atoms with van der Waals surface area (Å²) in [5.41, 5.74) is 1.49. The third-order valence-corrected chi connectivity index (χ3v) is 4.41. The standard InChI is InChI=1S/C15H27NS/c1-11(2)16-9-8-12(3)6-7-15-13(4)10-14(5)17-15/h10-12,16H,6-9H2,1-5H3. The Balaban J connectivity index is 2.23. The van der Waals surface area contributed by atoms with E-state index < -0.39 is 0 Å². The second-order valence-corrected chi connectivity index (χ2v) is 6.85. The average Bonchev–Trinajstić information content (AvgIpc) is 2.54. The molecule has 1 heterocycles. The second-order valence-electron chi connectivity index (χ2n) is 5.50. The molecule has 0 amide bonds. The number of hydrogen-bond donors (Lipinski definition) is 1. The van der Waals surface area contributed by atoms with E-state index in [4.69, 9.17) is 0 Å². The molecule has 1 unspecified atom stereocenters. The van der Waals surface area contributed by atoms with E-state index in [-0.39, 0.29) is 0 Å². The Labute approximate surface area is 111 Å². The summed E-state index contributed by atoms with van der Waals surface area (Å²) < 4.78 is 0. The molecule has 0 bridgehead atoms. The van der Waals surface area contributed by atoms with Crippen LogP contribution in [0.15, 0.2) is 6.07 Å². The summed E-state index contributed by atoms with van der Waals surface area (Å²) in [5.74, 6) is 0.822. The summed E-state index contributed by atoms with van der Waals surface area (Å²) in [7, 11) is 0. The molecule has 1 nitrogen and oxygen atoms in total. The minimum absolute atomic E-state index is 0.615. The zero-order valence-corrected chi connectivity index (χ0v) is 12.8. The summed E-state index contributed by atoms with van der Waals surface area (Å²) in [5, 5.41) is 3.49. The maximum Gasteiger partial charge on any atom is 0.00773 e. The van der Waals surface area contributed by atoms with Crippen molar-refractivity contribution >= 4 is 11.3 Å². The van der Waals surface area contributed by atoms with Gasteiger partial charge in [-0.3, -0.25) is 0 Å². The van der Waals surface area contributed by atoms with Crippen molar-refractivity contribution in [1.82, 2.24) is 5.32 Å². The minimum atomic E-state index is 0.615. The topological polar surface area (TPSA) is 12.0 Å². The average molecular weight is 253 g/mol. The fourth-order valence-electron chi connectivity index (χ4n) is 2.08. The van der Waals surface area contributed by atoms with Crippen molar-refractivity contribution in [3.05, 3.63) is 21.4 Å². The molecule has 1 aromatic rings. The van der Waals surface area contributed by atoms with Crippen LogP contribution in [0.4, 0.5) is 0 Å². The van der Waals surface area contributed by atoms with Gasteiger partial charge in [-0.25, -0.2) is 0 Å². The van der Waals surface area contributed by atoms with Crippen LogP contribution < -0.4 is 5.32 Å². The third-order valence-electron chi connectivity index (χ3n) is 3.20. The van der Waals surface area contributed by atoms with Crippen LogP contribution in [-0.4, -0.2) is 12.6 Å². The van der Waals surface area contributed by atoms with E-state index in [0.29, 0.717) is 6.04 Å². The lowest BCUT2D eigenvalue weighted by molar-refractivity contribution is 0.454. The molecule has 1 atom stereocenters. The van der Waals surface area contributed by atoms with Gasteiger partial charge in [-0.05, 0) is 57.2 Å². The van der Waals surface area contributed by atoms with Crippen LogP contribution in [0.2, 0.25) is 0 Å². The van der Waals surface area contributed by atoms with Crippen LogP contribution in [0, 0.1) is 19.8 Å². The number of hydrogen-bond acceptors (Lipinski definition) is 2. The molecule has 0 aliphatic rings. The molecular formula is C15H27NS. The molecule has 0 aliphatic heterocycles. The third kappa shape index (κ3) is 5.69. The normalized spacial score (nSPS) is 13.3. The van der Waals surface area contributed by atoms with Crippen molar-refractivity contribution in [2.75, 3.05) is 6.54 Å². The highest BCUT2D eigenvalue weighted by Crippen LogP contribution is 2.24. The summed E-state index contributed by atoms with van der Waals surface area (Å²) in [6, 6.07) is 2.93. The van der Waals surface area contributed by atoms with Crippen molar-refractivity contribution in [3.8, 4) is 0 Å². The maximum atomic E-state index is 3.49. The minimum Gasteiger partial charge on any atom is -0.315 e. The van der Waals surface area contributed by atoms with Gasteiger partial charge in [-0.15, -0.1) is 11.3 Å². The highest BCUT2D eigenvalue weighted by atomic mass is 32.1. The SMILES string of the molecule is Cc1cc(C)c(CCC(C)CCNC(C)C)s1. The van der Waals surface area contributed by atoms with E-state index >= 15 is 0 Å². The van der Waals surface area contributed by atoms with Crippen LogP contribution in [-0.2, 0) is 6.42 Å². The fraction of sp³-hybridized carbons (Fsp3) is 0.733. The first-order chi connectivity index (χ1) is 7.99. The highest BCUT2D eigenvalue weighted by molar-refractivity contribution is 7.12. The Morgan fingerprint density at radius 1 is 1.18 bits per heavy atom. The van der Waals surface area contributed by atoms with Gasteiger partial charge < -0.3 is 5.32 Å². The summed E-state index contributed by atoms with van der Waals surface area (Å²) in [6.45, 7) is 12.4. The lowest BCUT2D eigenvalue weighted by atomic mass is 10.0. The van der Waals surface area contributed by atoms with Gasteiger partial charge in [0.2, 0.25) is 0 Å². The van der Waals surface area contributed by atoms with E-state index in [1.165, 1.54) is 29.7 Å². The molecule has 0 aromatic carbocycles. The maximum absolute atomic E-state index is 3.49. The molecule has 0 saturated carbocycles. The fourth-order valence-corrected chi connectivity index (χ4v) is 3.14. The molecule has 0 spiro atoms. The monoisotopic (exact) mass is 253 g/mol. The zero-order chi connectivity index (χ0) is 12.8. The Bertz CT molecular complexity index is 328. The van der Waals surface area contributed by atoms with E-state index in [9.17, 15) is 0 Å². The van der Waals surface area contributed by atoms with Crippen molar-refractivity contribution < 1.29 is 0 Å². The van der Waals surface area contributed by atoms with Crippen LogP contribution in [0.25, 0.3) is 0 Å². The predicted octanol–water partition coefficient (Wildman–Crippen LogP) is 4.32. The van der Waals surface area contributed by atoms with Gasteiger partial charge >= 0.3 is 0 Å². The molecule has 0 aliphatic carbocycles.